The molecule has 1 aromatic heterocycles. The summed E-state index contributed by atoms with van der Waals surface area (Å²) in [6.07, 6.45) is 1.22. The molecule has 0 spiro atoms. The Morgan fingerprint density at radius 1 is 1.35 bits per heavy atom. The fraction of sp³-hybridized carbons (Fsp3) is 0.0909. The predicted molar refractivity (Wildman–Crippen MR) is 72.1 cm³/mol. The van der Waals surface area contributed by atoms with Crippen molar-refractivity contribution in [1.82, 2.24) is 15.0 Å². The van der Waals surface area contributed by atoms with E-state index in [1.54, 1.807) is 18.2 Å². The molecule has 0 fully saturated rings. The fourth-order valence-corrected chi connectivity index (χ4v) is 1.75. The normalized spacial score (nSPS) is 10.3. The van der Waals surface area contributed by atoms with E-state index in [1.807, 2.05) is 0 Å². The molecule has 0 radical (unpaired) electrons. The van der Waals surface area contributed by atoms with Gasteiger partial charge in [0, 0.05) is 0 Å². The van der Waals surface area contributed by atoms with E-state index >= 15 is 0 Å². The highest BCUT2D eigenvalue weighted by Gasteiger charge is 2.14. The molecule has 2 N–H and O–H groups in total. The van der Waals surface area contributed by atoms with Gasteiger partial charge in [-0.2, -0.15) is 0 Å². The molecular weight excluding hydrogens is 307 g/mol. The van der Waals surface area contributed by atoms with Gasteiger partial charge < -0.3 is 10.4 Å². The minimum atomic E-state index is -1.08. The van der Waals surface area contributed by atoms with E-state index in [4.69, 9.17) is 28.3 Å². The number of benzene rings is 1. The third kappa shape index (κ3) is 3.25. The monoisotopic (exact) mass is 314 g/mol. The van der Waals surface area contributed by atoms with Crippen LogP contribution in [0.25, 0.3) is 0 Å². The maximum Gasteiger partial charge on any atom is 0.325 e. The molecule has 2 rings (SSSR count). The van der Waals surface area contributed by atoms with Gasteiger partial charge in [-0.25, -0.2) is 4.68 Å². The lowest BCUT2D eigenvalue weighted by Crippen LogP contribution is -2.13. The van der Waals surface area contributed by atoms with Crippen molar-refractivity contribution in [3.8, 4) is 0 Å². The Labute approximate surface area is 123 Å². The SMILES string of the molecule is O=C(O)Cn1cc(C(=O)Nc2cccc(Cl)c2Cl)nn1. The second-order valence-corrected chi connectivity index (χ2v) is 4.54. The molecule has 7 nitrogen and oxygen atoms in total. The Bertz CT molecular complexity index is 671. The number of carboxylic acids is 1. The van der Waals surface area contributed by atoms with E-state index in [0.717, 1.165) is 4.68 Å². The second kappa shape index (κ2) is 5.89. The van der Waals surface area contributed by atoms with Crippen LogP contribution in [-0.2, 0) is 11.3 Å². The number of carbonyl (C=O) groups is 2. The zero-order valence-electron chi connectivity index (χ0n) is 9.88. The minimum absolute atomic E-state index is 0.0257. The van der Waals surface area contributed by atoms with Crippen LogP contribution < -0.4 is 5.32 Å². The first-order valence-electron chi connectivity index (χ1n) is 5.34. The van der Waals surface area contributed by atoms with Gasteiger partial charge in [-0.05, 0) is 12.1 Å². The minimum Gasteiger partial charge on any atom is -0.480 e. The molecule has 0 aliphatic heterocycles. The topological polar surface area (TPSA) is 97.1 Å². The molecule has 104 valence electrons. The molecule has 0 aliphatic carbocycles. The van der Waals surface area contributed by atoms with Crippen LogP contribution in [0.5, 0.6) is 0 Å². The first-order valence-corrected chi connectivity index (χ1v) is 6.10. The lowest BCUT2D eigenvalue weighted by Gasteiger charge is -2.06. The van der Waals surface area contributed by atoms with E-state index in [0.29, 0.717) is 10.7 Å². The highest BCUT2D eigenvalue weighted by Crippen LogP contribution is 2.29. The summed E-state index contributed by atoms with van der Waals surface area (Å²) in [5.74, 6) is -1.65. The van der Waals surface area contributed by atoms with E-state index in [1.165, 1.54) is 6.20 Å². The van der Waals surface area contributed by atoms with E-state index < -0.39 is 11.9 Å². The van der Waals surface area contributed by atoms with Gasteiger partial charge in [-0.15, -0.1) is 5.10 Å². The van der Waals surface area contributed by atoms with Crippen molar-refractivity contribution in [2.24, 2.45) is 0 Å². The van der Waals surface area contributed by atoms with Crippen LogP contribution >= 0.6 is 23.2 Å². The Morgan fingerprint density at radius 3 is 2.80 bits per heavy atom. The average molecular weight is 315 g/mol. The molecule has 20 heavy (non-hydrogen) atoms. The number of nitrogens with one attached hydrogen (secondary N) is 1. The van der Waals surface area contributed by atoms with Gasteiger partial charge in [0.05, 0.1) is 21.9 Å². The third-order valence-electron chi connectivity index (χ3n) is 2.27. The summed E-state index contributed by atoms with van der Waals surface area (Å²) in [6, 6.07) is 4.79. The van der Waals surface area contributed by atoms with E-state index in [9.17, 15) is 9.59 Å². The number of hydrogen-bond acceptors (Lipinski definition) is 4. The average Bonchev–Trinajstić information content (AvgIpc) is 2.82. The Balaban J connectivity index is 2.14. The van der Waals surface area contributed by atoms with Gasteiger partial charge in [0.15, 0.2) is 5.69 Å². The first-order chi connectivity index (χ1) is 9.47. The van der Waals surface area contributed by atoms with Crippen LogP contribution in [0, 0.1) is 0 Å². The molecule has 1 amide bonds. The Hall–Kier alpha value is -2.12. The quantitative estimate of drug-likeness (QED) is 0.898. The molecule has 1 aromatic carbocycles. The maximum absolute atomic E-state index is 11.9. The number of aromatic nitrogens is 3. The standard InChI is InChI=1S/C11H8Cl2N4O3/c12-6-2-1-3-7(10(6)13)14-11(20)8-4-17(16-15-8)5-9(18)19/h1-4H,5H2,(H,14,20)(H,18,19). The molecule has 1 heterocycles. The Morgan fingerprint density at radius 2 is 2.10 bits per heavy atom. The van der Waals surface area contributed by atoms with Crippen LogP contribution in [0.4, 0.5) is 5.69 Å². The third-order valence-corrected chi connectivity index (χ3v) is 3.09. The second-order valence-electron chi connectivity index (χ2n) is 3.75. The summed E-state index contributed by atoms with van der Waals surface area (Å²) < 4.78 is 1.04. The van der Waals surface area contributed by atoms with Gasteiger partial charge in [-0.3, -0.25) is 9.59 Å². The zero-order valence-corrected chi connectivity index (χ0v) is 11.4. The summed E-state index contributed by atoms with van der Waals surface area (Å²) in [4.78, 5) is 22.4. The number of carbonyl (C=O) groups excluding carboxylic acids is 1. The van der Waals surface area contributed by atoms with Crippen molar-refractivity contribution in [3.05, 3.63) is 40.1 Å². The van der Waals surface area contributed by atoms with Gasteiger partial charge in [0.25, 0.3) is 5.91 Å². The van der Waals surface area contributed by atoms with E-state index in [-0.39, 0.29) is 17.3 Å². The molecule has 2 aromatic rings. The summed E-state index contributed by atoms with van der Waals surface area (Å²) in [7, 11) is 0. The first kappa shape index (κ1) is 14.3. The number of amides is 1. The summed E-state index contributed by atoms with van der Waals surface area (Å²) in [6.45, 7) is -0.377. The summed E-state index contributed by atoms with van der Waals surface area (Å²) in [5.41, 5.74) is 0.305. The fourth-order valence-electron chi connectivity index (χ4n) is 1.40. The molecule has 0 atom stereocenters. The van der Waals surface area contributed by atoms with Crippen molar-refractivity contribution in [3.63, 3.8) is 0 Å². The van der Waals surface area contributed by atoms with Crippen LogP contribution in [0.1, 0.15) is 10.5 Å². The van der Waals surface area contributed by atoms with Crippen molar-refractivity contribution >= 4 is 40.8 Å². The lowest BCUT2D eigenvalue weighted by molar-refractivity contribution is -0.137. The number of nitrogens with zero attached hydrogens (tertiary/aromatic N) is 3. The van der Waals surface area contributed by atoms with Gasteiger partial charge in [0.2, 0.25) is 0 Å². The molecular formula is C11H8Cl2N4O3. The van der Waals surface area contributed by atoms with Crippen molar-refractivity contribution in [2.45, 2.75) is 6.54 Å². The number of hydrogen-bond donors (Lipinski definition) is 2. The Kier molecular flexibility index (Phi) is 4.21. The van der Waals surface area contributed by atoms with Gasteiger partial charge >= 0.3 is 5.97 Å². The van der Waals surface area contributed by atoms with Crippen molar-refractivity contribution < 1.29 is 14.7 Å². The summed E-state index contributed by atoms with van der Waals surface area (Å²) >= 11 is 11.8. The summed E-state index contributed by atoms with van der Waals surface area (Å²) in [5, 5.41) is 18.7. The highest BCUT2D eigenvalue weighted by atomic mass is 35.5. The van der Waals surface area contributed by atoms with E-state index in [2.05, 4.69) is 15.6 Å². The molecule has 0 saturated heterocycles. The lowest BCUT2D eigenvalue weighted by atomic mass is 10.3. The van der Waals surface area contributed by atoms with Crippen LogP contribution in [0.15, 0.2) is 24.4 Å². The maximum atomic E-state index is 11.9. The number of aliphatic carboxylic acids is 1. The molecule has 0 aliphatic rings. The molecule has 0 saturated carbocycles. The zero-order chi connectivity index (χ0) is 14.7. The van der Waals surface area contributed by atoms with Gasteiger partial charge in [0.1, 0.15) is 6.54 Å². The molecule has 0 unspecified atom stereocenters. The van der Waals surface area contributed by atoms with Gasteiger partial charge in [-0.1, -0.05) is 34.5 Å². The highest BCUT2D eigenvalue weighted by molar-refractivity contribution is 6.44. The molecule has 0 bridgehead atoms. The number of halogens is 2. The number of anilines is 1. The van der Waals surface area contributed by atoms with Crippen molar-refractivity contribution in [1.29, 1.82) is 0 Å². The van der Waals surface area contributed by atoms with Crippen LogP contribution in [0.3, 0.4) is 0 Å². The van der Waals surface area contributed by atoms with Crippen LogP contribution in [-0.4, -0.2) is 32.0 Å². The number of rotatable bonds is 4. The number of carboxylic acid groups (broad SMARTS) is 1. The van der Waals surface area contributed by atoms with Crippen LogP contribution in [0.2, 0.25) is 10.0 Å². The smallest absolute Gasteiger partial charge is 0.325 e. The predicted octanol–water partition coefficient (Wildman–Crippen LogP) is 1.92. The molecule has 9 heteroatoms. The largest absolute Gasteiger partial charge is 0.480 e. The van der Waals surface area contributed by atoms with Crippen molar-refractivity contribution in [2.75, 3.05) is 5.32 Å².